The summed E-state index contributed by atoms with van der Waals surface area (Å²) in [6.07, 6.45) is -0.811. The van der Waals surface area contributed by atoms with E-state index in [1.54, 1.807) is 0 Å². The second-order valence-corrected chi connectivity index (χ2v) is 4.49. The van der Waals surface area contributed by atoms with Crippen LogP contribution in [0.15, 0.2) is 24.3 Å². The fraction of sp³-hybridized carbons (Fsp3) is 0.385. The van der Waals surface area contributed by atoms with Crippen molar-refractivity contribution in [2.75, 3.05) is 25.0 Å². The minimum Gasteiger partial charge on any atom is -0.443 e. The van der Waals surface area contributed by atoms with Gasteiger partial charge < -0.3 is 15.8 Å². The third kappa shape index (κ3) is 3.23. The lowest BCUT2D eigenvalue weighted by molar-refractivity contribution is -0.116. The van der Waals surface area contributed by atoms with Crippen LogP contribution in [0.2, 0.25) is 0 Å². The number of cyclic esters (lactones) is 1. The van der Waals surface area contributed by atoms with Gasteiger partial charge in [0.05, 0.1) is 6.54 Å². The molecule has 1 saturated heterocycles. The Balaban J connectivity index is 1.92. The molecule has 1 fully saturated rings. The van der Waals surface area contributed by atoms with Gasteiger partial charge in [0.2, 0.25) is 5.91 Å². The molecule has 1 aromatic rings. The van der Waals surface area contributed by atoms with Crippen LogP contribution in [0.1, 0.15) is 5.56 Å². The average Bonchev–Trinajstić information content (AvgIpc) is 2.73. The molecule has 1 aliphatic heterocycles. The van der Waals surface area contributed by atoms with E-state index in [2.05, 4.69) is 5.32 Å². The van der Waals surface area contributed by atoms with Gasteiger partial charge in [0.1, 0.15) is 12.6 Å². The van der Waals surface area contributed by atoms with Gasteiger partial charge in [-0.15, -0.1) is 0 Å². The Bertz CT molecular complexity index is 490. The van der Waals surface area contributed by atoms with Crippen LogP contribution >= 0.6 is 0 Å². The largest absolute Gasteiger partial charge is 0.443 e. The number of aryl methyl sites for hydroxylation is 1. The van der Waals surface area contributed by atoms with Gasteiger partial charge in [0, 0.05) is 12.2 Å². The number of anilines is 1. The highest BCUT2D eigenvalue weighted by Crippen LogP contribution is 2.14. The predicted octanol–water partition coefficient (Wildman–Crippen LogP) is 0.713. The molecule has 1 atom stereocenters. The summed E-state index contributed by atoms with van der Waals surface area (Å²) in [4.78, 5) is 24.7. The molecule has 19 heavy (non-hydrogen) atoms. The highest BCUT2D eigenvalue weighted by atomic mass is 16.6. The second kappa shape index (κ2) is 5.71. The van der Waals surface area contributed by atoms with E-state index in [1.807, 2.05) is 31.2 Å². The maximum atomic E-state index is 11.9. The maximum Gasteiger partial charge on any atom is 0.410 e. The third-order valence-electron chi connectivity index (χ3n) is 2.97. The molecule has 1 unspecified atom stereocenters. The van der Waals surface area contributed by atoms with Crippen molar-refractivity contribution in [2.24, 2.45) is 5.73 Å². The molecule has 0 spiro atoms. The number of para-hydroxylation sites is 1. The molecule has 0 bridgehead atoms. The zero-order valence-corrected chi connectivity index (χ0v) is 10.8. The maximum absolute atomic E-state index is 11.9. The van der Waals surface area contributed by atoms with E-state index in [0.29, 0.717) is 6.54 Å². The molecule has 2 rings (SSSR count). The molecule has 6 heteroatoms. The lowest BCUT2D eigenvalue weighted by Crippen LogP contribution is -2.35. The van der Waals surface area contributed by atoms with Gasteiger partial charge in [-0.3, -0.25) is 9.69 Å². The topological polar surface area (TPSA) is 84.7 Å². The van der Waals surface area contributed by atoms with E-state index >= 15 is 0 Å². The zero-order valence-electron chi connectivity index (χ0n) is 10.8. The lowest BCUT2D eigenvalue weighted by Gasteiger charge is -2.13. The number of nitrogens with two attached hydrogens (primary N) is 1. The van der Waals surface area contributed by atoms with Crippen LogP contribution in [-0.2, 0) is 9.53 Å². The molecular weight excluding hydrogens is 246 g/mol. The molecular formula is C13H17N3O3. The van der Waals surface area contributed by atoms with Crippen molar-refractivity contribution in [1.29, 1.82) is 0 Å². The number of rotatable bonds is 4. The molecule has 0 saturated carbocycles. The molecule has 1 heterocycles. The summed E-state index contributed by atoms with van der Waals surface area (Å²) >= 11 is 0. The van der Waals surface area contributed by atoms with Crippen LogP contribution in [-0.4, -0.2) is 42.6 Å². The SMILES string of the molecule is Cc1ccccc1NC(=O)CN1CC(CN)OC1=O. The minimum atomic E-state index is -0.490. The number of carbonyl (C=O) groups excluding carboxylic acids is 2. The second-order valence-electron chi connectivity index (χ2n) is 4.49. The first-order valence-electron chi connectivity index (χ1n) is 6.11. The van der Waals surface area contributed by atoms with Crippen molar-refractivity contribution in [3.63, 3.8) is 0 Å². The van der Waals surface area contributed by atoms with Gasteiger partial charge >= 0.3 is 6.09 Å². The van der Waals surface area contributed by atoms with Crippen molar-refractivity contribution in [1.82, 2.24) is 4.90 Å². The number of carbonyl (C=O) groups is 2. The van der Waals surface area contributed by atoms with Crippen molar-refractivity contribution >= 4 is 17.7 Å². The first kappa shape index (κ1) is 13.4. The lowest BCUT2D eigenvalue weighted by atomic mass is 10.2. The van der Waals surface area contributed by atoms with Crippen molar-refractivity contribution in [3.8, 4) is 0 Å². The number of ether oxygens (including phenoxy) is 1. The Morgan fingerprint density at radius 2 is 2.26 bits per heavy atom. The smallest absolute Gasteiger partial charge is 0.410 e. The van der Waals surface area contributed by atoms with Crippen LogP contribution < -0.4 is 11.1 Å². The summed E-state index contributed by atoms with van der Waals surface area (Å²) in [5.74, 6) is -0.246. The van der Waals surface area contributed by atoms with Crippen LogP contribution in [0.5, 0.6) is 0 Å². The summed E-state index contributed by atoms with van der Waals surface area (Å²) < 4.78 is 4.98. The van der Waals surface area contributed by atoms with Gasteiger partial charge in [-0.25, -0.2) is 4.79 Å². The van der Waals surface area contributed by atoms with Gasteiger partial charge in [0.25, 0.3) is 0 Å². The number of amides is 2. The molecule has 0 aromatic heterocycles. The van der Waals surface area contributed by atoms with E-state index in [0.717, 1.165) is 11.3 Å². The van der Waals surface area contributed by atoms with Crippen LogP contribution in [0, 0.1) is 6.92 Å². The van der Waals surface area contributed by atoms with E-state index in [4.69, 9.17) is 10.5 Å². The first-order valence-corrected chi connectivity index (χ1v) is 6.11. The Hall–Kier alpha value is -2.08. The molecule has 102 valence electrons. The zero-order chi connectivity index (χ0) is 13.8. The number of benzene rings is 1. The van der Waals surface area contributed by atoms with Crippen molar-refractivity contribution in [3.05, 3.63) is 29.8 Å². The molecule has 1 aromatic carbocycles. The molecule has 6 nitrogen and oxygen atoms in total. The Kier molecular flexibility index (Phi) is 4.01. The molecule has 1 aliphatic rings. The highest BCUT2D eigenvalue weighted by molar-refractivity contribution is 5.94. The summed E-state index contributed by atoms with van der Waals surface area (Å²) in [6, 6.07) is 7.47. The van der Waals surface area contributed by atoms with Crippen LogP contribution in [0.25, 0.3) is 0 Å². The van der Waals surface area contributed by atoms with Crippen molar-refractivity contribution in [2.45, 2.75) is 13.0 Å². The van der Waals surface area contributed by atoms with Crippen LogP contribution in [0.4, 0.5) is 10.5 Å². The normalized spacial score (nSPS) is 18.3. The van der Waals surface area contributed by atoms with Crippen molar-refractivity contribution < 1.29 is 14.3 Å². The van der Waals surface area contributed by atoms with E-state index < -0.39 is 6.09 Å². The number of nitrogens with zero attached hydrogens (tertiary/aromatic N) is 1. The Morgan fingerprint density at radius 3 is 2.89 bits per heavy atom. The molecule has 0 radical (unpaired) electrons. The van der Waals surface area contributed by atoms with Gasteiger partial charge in [-0.1, -0.05) is 18.2 Å². The molecule has 0 aliphatic carbocycles. The van der Waals surface area contributed by atoms with Gasteiger partial charge in [-0.2, -0.15) is 0 Å². The van der Waals surface area contributed by atoms with Gasteiger partial charge in [-0.05, 0) is 18.6 Å². The van der Waals surface area contributed by atoms with Crippen LogP contribution in [0.3, 0.4) is 0 Å². The summed E-state index contributed by atoms with van der Waals surface area (Å²) in [7, 11) is 0. The summed E-state index contributed by atoms with van der Waals surface area (Å²) in [5.41, 5.74) is 7.15. The Labute approximate surface area is 111 Å². The summed E-state index contributed by atoms with van der Waals surface area (Å²) in [6.45, 7) is 2.51. The number of hydrogen-bond donors (Lipinski definition) is 2. The minimum absolute atomic E-state index is 0.0241. The molecule has 3 N–H and O–H groups in total. The Morgan fingerprint density at radius 1 is 1.53 bits per heavy atom. The number of nitrogens with one attached hydrogen (secondary N) is 1. The summed E-state index contributed by atoms with van der Waals surface area (Å²) in [5, 5.41) is 2.77. The van der Waals surface area contributed by atoms with E-state index in [1.165, 1.54) is 4.90 Å². The standard InChI is InChI=1S/C13H17N3O3/c1-9-4-2-3-5-11(9)15-12(17)8-16-7-10(6-14)19-13(16)18/h2-5,10H,6-8,14H2,1H3,(H,15,17). The van der Waals surface area contributed by atoms with E-state index in [-0.39, 0.29) is 25.1 Å². The fourth-order valence-electron chi connectivity index (χ4n) is 1.90. The monoisotopic (exact) mass is 263 g/mol. The first-order chi connectivity index (χ1) is 9.10. The quantitative estimate of drug-likeness (QED) is 0.838. The number of hydrogen-bond acceptors (Lipinski definition) is 4. The fourth-order valence-corrected chi connectivity index (χ4v) is 1.90. The third-order valence-corrected chi connectivity index (χ3v) is 2.97. The predicted molar refractivity (Wildman–Crippen MR) is 70.7 cm³/mol. The molecule has 2 amide bonds. The van der Waals surface area contributed by atoms with E-state index in [9.17, 15) is 9.59 Å². The van der Waals surface area contributed by atoms with Gasteiger partial charge in [0.15, 0.2) is 0 Å². The average molecular weight is 263 g/mol. The highest BCUT2D eigenvalue weighted by Gasteiger charge is 2.31.